The van der Waals surface area contributed by atoms with Crippen molar-refractivity contribution in [3.63, 3.8) is 0 Å². The van der Waals surface area contributed by atoms with E-state index in [9.17, 15) is 0 Å². The summed E-state index contributed by atoms with van der Waals surface area (Å²) in [5, 5.41) is 2.99. The lowest BCUT2D eigenvalue weighted by molar-refractivity contribution is 0.305. The lowest BCUT2D eigenvalue weighted by Gasteiger charge is -2.08. The molecule has 2 rings (SSSR count). The number of aryl methyl sites for hydroxylation is 2. The van der Waals surface area contributed by atoms with Crippen molar-refractivity contribution in [2.45, 2.75) is 20.5 Å². The number of ether oxygens (including phenoxy) is 1. The fourth-order valence-corrected chi connectivity index (χ4v) is 1.84. The zero-order chi connectivity index (χ0) is 13.0. The van der Waals surface area contributed by atoms with Gasteiger partial charge in [0.25, 0.3) is 0 Å². The van der Waals surface area contributed by atoms with Crippen molar-refractivity contribution in [3.05, 3.63) is 53.2 Å². The summed E-state index contributed by atoms with van der Waals surface area (Å²) in [7, 11) is 1.86. The Morgan fingerprint density at radius 2 is 1.83 bits per heavy atom. The summed E-state index contributed by atoms with van der Waals surface area (Å²) >= 11 is 0. The maximum atomic E-state index is 5.77. The number of hydrogen-bond donors (Lipinski definition) is 1. The van der Waals surface area contributed by atoms with Crippen molar-refractivity contribution in [1.29, 1.82) is 0 Å². The smallest absolute Gasteiger partial charge is 0.125 e. The number of anilines is 1. The fourth-order valence-electron chi connectivity index (χ4n) is 1.84. The van der Waals surface area contributed by atoms with Gasteiger partial charge in [0.15, 0.2) is 0 Å². The average Bonchev–Trinajstić information content (AvgIpc) is 2.36. The quantitative estimate of drug-likeness (QED) is 0.893. The Kier molecular flexibility index (Phi) is 3.82. The standard InChI is InChI=1S/C15H18N2O/c1-11-6-12(2)8-14(7-11)18-10-13-4-5-15(16-3)17-9-13/h4-9H,10H2,1-3H3,(H,16,17). The lowest BCUT2D eigenvalue weighted by atomic mass is 10.1. The van der Waals surface area contributed by atoms with Gasteiger partial charge in [-0.3, -0.25) is 0 Å². The highest BCUT2D eigenvalue weighted by molar-refractivity contribution is 5.35. The topological polar surface area (TPSA) is 34.1 Å². The molecule has 0 radical (unpaired) electrons. The van der Waals surface area contributed by atoms with Crippen LogP contribution in [0.4, 0.5) is 5.82 Å². The molecule has 0 saturated heterocycles. The van der Waals surface area contributed by atoms with Gasteiger partial charge in [-0.15, -0.1) is 0 Å². The third kappa shape index (κ3) is 3.23. The van der Waals surface area contributed by atoms with Crippen molar-refractivity contribution in [2.75, 3.05) is 12.4 Å². The molecule has 1 aromatic heterocycles. The van der Waals surface area contributed by atoms with Gasteiger partial charge >= 0.3 is 0 Å². The Bertz CT molecular complexity index is 500. The first-order valence-corrected chi connectivity index (χ1v) is 6.01. The monoisotopic (exact) mass is 242 g/mol. The van der Waals surface area contributed by atoms with Gasteiger partial charge < -0.3 is 10.1 Å². The first-order chi connectivity index (χ1) is 8.67. The van der Waals surface area contributed by atoms with Gasteiger partial charge in [-0.1, -0.05) is 12.1 Å². The molecular formula is C15H18N2O. The van der Waals surface area contributed by atoms with Crippen LogP contribution in [0.1, 0.15) is 16.7 Å². The number of rotatable bonds is 4. The van der Waals surface area contributed by atoms with Crippen LogP contribution in [0, 0.1) is 13.8 Å². The van der Waals surface area contributed by atoms with Gasteiger partial charge in [0.1, 0.15) is 18.2 Å². The Balaban J connectivity index is 2.01. The predicted molar refractivity (Wildman–Crippen MR) is 74.0 cm³/mol. The molecule has 1 heterocycles. The Morgan fingerprint density at radius 3 is 2.39 bits per heavy atom. The molecule has 18 heavy (non-hydrogen) atoms. The zero-order valence-electron chi connectivity index (χ0n) is 11.0. The largest absolute Gasteiger partial charge is 0.489 e. The van der Waals surface area contributed by atoms with Crippen molar-refractivity contribution >= 4 is 5.82 Å². The fraction of sp³-hybridized carbons (Fsp3) is 0.267. The minimum absolute atomic E-state index is 0.542. The molecule has 1 N–H and O–H groups in total. The first kappa shape index (κ1) is 12.4. The number of nitrogens with one attached hydrogen (secondary N) is 1. The molecule has 0 fully saturated rings. The predicted octanol–water partition coefficient (Wildman–Crippen LogP) is 3.32. The van der Waals surface area contributed by atoms with E-state index in [4.69, 9.17) is 4.74 Å². The molecule has 1 aromatic carbocycles. The van der Waals surface area contributed by atoms with Gasteiger partial charge in [-0.25, -0.2) is 4.98 Å². The minimum Gasteiger partial charge on any atom is -0.489 e. The molecule has 94 valence electrons. The van der Waals surface area contributed by atoms with Crippen molar-refractivity contribution in [2.24, 2.45) is 0 Å². The van der Waals surface area contributed by atoms with Gasteiger partial charge in [-0.05, 0) is 43.2 Å². The molecule has 3 nitrogen and oxygen atoms in total. The van der Waals surface area contributed by atoms with E-state index in [1.54, 1.807) is 0 Å². The van der Waals surface area contributed by atoms with Crippen LogP contribution in [0.3, 0.4) is 0 Å². The molecule has 0 aliphatic heterocycles. The van der Waals surface area contributed by atoms with Crippen molar-refractivity contribution in [1.82, 2.24) is 4.98 Å². The summed E-state index contributed by atoms with van der Waals surface area (Å²) in [6, 6.07) is 10.2. The van der Waals surface area contributed by atoms with E-state index in [0.29, 0.717) is 6.61 Å². The Hall–Kier alpha value is -2.03. The summed E-state index contributed by atoms with van der Waals surface area (Å²) in [4.78, 5) is 4.25. The molecular weight excluding hydrogens is 224 g/mol. The summed E-state index contributed by atoms with van der Waals surface area (Å²) < 4.78 is 5.77. The third-order valence-corrected chi connectivity index (χ3v) is 2.68. The summed E-state index contributed by atoms with van der Waals surface area (Å²) in [5.41, 5.74) is 3.50. The highest BCUT2D eigenvalue weighted by Crippen LogP contribution is 2.17. The molecule has 0 bridgehead atoms. The molecule has 0 aliphatic rings. The molecule has 0 spiro atoms. The van der Waals surface area contributed by atoms with Crippen LogP contribution in [0.5, 0.6) is 5.75 Å². The second-order valence-electron chi connectivity index (χ2n) is 4.41. The highest BCUT2D eigenvalue weighted by Gasteiger charge is 1.99. The van der Waals surface area contributed by atoms with Crippen LogP contribution in [-0.4, -0.2) is 12.0 Å². The molecule has 0 unspecified atom stereocenters. The zero-order valence-corrected chi connectivity index (χ0v) is 11.0. The molecule has 0 aliphatic carbocycles. The molecule has 3 heteroatoms. The summed E-state index contributed by atoms with van der Waals surface area (Å²) in [5.74, 6) is 1.77. The Morgan fingerprint density at radius 1 is 1.11 bits per heavy atom. The summed E-state index contributed by atoms with van der Waals surface area (Å²) in [6.45, 7) is 4.69. The van der Waals surface area contributed by atoms with Crippen LogP contribution >= 0.6 is 0 Å². The number of pyridine rings is 1. The van der Waals surface area contributed by atoms with E-state index < -0.39 is 0 Å². The Labute approximate surface area is 108 Å². The molecule has 0 atom stereocenters. The van der Waals surface area contributed by atoms with E-state index in [0.717, 1.165) is 17.1 Å². The summed E-state index contributed by atoms with van der Waals surface area (Å²) in [6.07, 6.45) is 1.83. The SMILES string of the molecule is CNc1ccc(COc2cc(C)cc(C)c2)cn1. The van der Waals surface area contributed by atoms with E-state index in [1.807, 2.05) is 37.5 Å². The first-order valence-electron chi connectivity index (χ1n) is 6.01. The van der Waals surface area contributed by atoms with E-state index in [2.05, 4.69) is 30.2 Å². The average molecular weight is 242 g/mol. The second kappa shape index (κ2) is 5.54. The lowest BCUT2D eigenvalue weighted by Crippen LogP contribution is -1.98. The second-order valence-corrected chi connectivity index (χ2v) is 4.41. The van der Waals surface area contributed by atoms with Gasteiger partial charge in [0.2, 0.25) is 0 Å². The molecule has 0 amide bonds. The van der Waals surface area contributed by atoms with Crippen LogP contribution in [0.25, 0.3) is 0 Å². The highest BCUT2D eigenvalue weighted by atomic mass is 16.5. The van der Waals surface area contributed by atoms with Crippen LogP contribution < -0.4 is 10.1 Å². The van der Waals surface area contributed by atoms with E-state index >= 15 is 0 Å². The van der Waals surface area contributed by atoms with Crippen LogP contribution in [-0.2, 0) is 6.61 Å². The number of aromatic nitrogens is 1. The van der Waals surface area contributed by atoms with E-state index in [-0.39, 0.29) is 0 Å². The minimum atomic E-state index is 0.542. The molecule has 0 saturated carbocycles. The number of benzene rings is 1. The van der Waals surface area contributed by atoms with Crippen molar-refractivity contribution in [3.8, 4) is 5.75 Å². The molecule has 2 aromatic rings. The van der Waals surface area contributed by atoms with Gasteiger partial charge in [0, 0.05) is 18.8 Å². The maximum absolute atomic E-state index is 5.77. The number of hydrogen-bond acceptors (Lipinski definition) is 3. The maximum Gasteiger partial charge on any atom is 0.125 e. The van der Waals surface area contributed by atoms with Gasteiger partial charge in [-0.2, -0.15) is 0 Å². The van der Waals surface area contributed by atoms with Crippen LogP contribution in [0.15, 0.2) is 36.5 Å². The van der Waals surface area contributed by atoms with Crippen LogP contribution in [0.2, 0.25) is 0 Å². The van der Waals surface area contributed by atoms with Crippen molar-refractivity contribution < 1.29 is 4.74 Å². The normalized spacial score (nSPS) is 10.2. The van der Waals surface area contributed by atoms with E-state index in [1.165, 1.54) is 11.1 Å². The van der Waals surface area contributed by atoms with Gasteiger partial charge in [0.05, 0.1) is 0 Å². The third-order valence-electron chi connectivity index (χ3n) is 2.68. The number of nitrogens with zero attached hydrogens (tertiary/aromatic N) is 1.